The second kappa shape index (κ2) is 9.17. The average molecular weight is 354 g/mol. The first-order valence-electron chi connectivity index (χ1n) is 9.32. The second-order valence-electron chi connectivity index (χ2n) is 6.70. The molecule has 1 aromatic carbocycles. The molecule has 26 heavy (non-hydrogen) atoms. The summed E-state index contributed by atoms with van der Waals surface area (Å²) in [5.74, 6) is 0.134. The van der Waals surface area contributed by atoms with Gasteiger partial charge in [0.1, 0.15) is 0 Å². The number of hydrogen-bond acceptors (Lipinski definition) is 3. The maximum absolute atomic E-state index is 12.5. The van der Waals surface area contributed by atoms with Crippen molar-refractivity contribution in [1.82, 2.24) is 20.0 Å². The second-order valence-corrected chi connectivity index (χ2v) is 6.70. The molecule has 1 aliphatic rings. The Balaban J connectivity index is 1.59. The highest BCUT2D eigenvalue weighted by Crippen LogP contribution is 2.16. The van der Waals surface area contributed by atoms with E-state index in [0.29, 0.717) is 25.9 Å². The van der Waals surface area contributed by atoms with Gasteiger partial charge >= 0.3 is 0 Å². The van der Waals surface area contributed by atoms with Crippen LogP contribution < -0.4 is 5.32 Å². The van der Waals surface area contributed by atoms with Gasteiger partial charge in [-0.05, 0) is 24.5 Å². The van der Waals surface area contributed by atoms with Crippen LogP contribution in [0.3, 0.4) is 0 Å². The van der Waals surface area contributed by atoms with Crippen molar-refractivity contribution in [3.63, 3.8) is 0 Å². The van der Waals surface area contributed by atoms with Gasteiger partial charge < -0.3 is 10.2 Å². The van der Waals surface area contributed by atoms with Crippen molar-refractivity contribution in [1.29, 1.82) is 0 Å². The van der Waals surface area contributed by atoms with Crippen LogP contribution in [-0.4, -0.2) is 39.6 Å². The normalized spacial score (nSPS) is 16.2. The topological polar surface area (TPSA) is 67.2 Å². The number of carbonyl (C=O) groups is 2. The molecule has 0 saturated carbocycles. The molecule has 138 valence electrons. The minimum absolute atomic E-state index is 0.0388. The van der Waals surface area contributed by atoms with Crippen molar-refractivity contribution in [3.8, 4) is 0 Å². The Hall–Kier alpha value is -2.63. The third-order valence-corrected chi connectivity index (χ3v) is 4.75. The van der Waals surface area contributed by atoms with Crippen molar-refractivity contribution < 1.29 is 9.59 Å². The molecule has 0 radical (unpaired) electrons. The van der Waals surface area contributed by atoms with Crippen molar-refractivity contribution in [2.75, 3.05) is 13.1 Å². The van der Waals surface area contributed by atoms with Crippen LogP contribution in [0, 0.1) is 0 Å². The van der Waals surface area contributed by atoms with Gasteiger partial charge in [-0.2, -0.15) is 5.10 Å². The first-order valence-corrected chi connectivity index (χ1v) is 9.32. The number of aromatic nitrogens is 2. The Labute approximate surface area is 154 Å². The zero-order chi connectivity index (χ0) is 18.2. The average Bonchev–Trinajstić information content (AvgIpc) is 3.08. The van der Waals surface area contributed by atoms with Gasteiger partial charge in [-0.3, -0.25) is 14.3 Å². The van der Waals surface area contributed by atoms with Crippen LogP contribution in [0.15, 0.2) is 48.8 Å². The van der Waals surface area contributed by atoms with Crippen LogP contribution >= 0.6 is 0 Å². The van der Waals surface area contributed by atoms with E-state index in [1.54, 1.807) is 6.20 Å². The summed E-state index contributed by atoms with van der Waals surface area (Å²) in [6.07, 6.45) is 7.63. The Kier molecular flexibility index (Phi) is 6.41. The summed E-state index contributed by atoms with van der Waals surface area (Å²) in [6.45, 7) is 1.83. The fourth-order valence-corrected chi connectivity index (χ4v) is 3.29. The number of carbonyl (C=O) groups excluding carboxylic acids is 2. The van der Waals surface area contributed by atoms with Crippen molar-refractivity contribution >= 4 is 11.8 Å². The Morgan fingerprint density at radius 2 is 2.00 bits per heavy atom. The fourth-order valence-electron chi connectivity index (χ4n) is 3.29. The predicted octanol–water partition coefficient (Wildman–Crippen LogP) is 2.53. The van der Waals surface area contributed by atoms with E-state index >= 15 is 0 Å². The quantitative estimate of drug-likeness (QED) is 0.831. The first kappa shape index (κ1) is 18.2. The number of rotatable bonds is 7. The Morgan fingerprint density at radius 3 is 2.77 bits per heavy atom. The monoisotopic (exact) mass is 354 g/mol. The van der Waals surface area contributed by atoms with Gasteiger partial charge in [-0.1, -0.05) is 36.8 Å². The standard InChI is InChI=1S/C20H26N4O2/c25-19(11-15-23-13-6-2-5-10-20(23)26)22-18(16-24-14-7-12-21-24)17-8-3-1-4-9-17/h1,3-4,7-9,12,14,18H,2,5-6,10-11,13,15-16H2,(H,22,25). The molecule has 1 atom stereocenters. The third kappa shape index (κ3) is 5.18. The molecule has 1 unspecified atom stereocenters. The van der Waals surface area contributed by atoms with Gasteiger partial charge in [-0.15, -0.1) is 0 Å². The van der Waals surface area contributed by atoms with E-state index < -0.39 is 0 Å². The molecule has 1 saturated heterocycles. The molecule has 2 amide bonds. The molecule has 2 aromatic rings. The highest BCUT2D eigenvalue weighted by atomic mass is 16.2. The zero-order valence-corrected chi connectivity index (χ0v) is 15.0. The summed E-state index contributed by atoms with van der Waals surface area (Å²) >= 11 is 0. The molecule has 1 aromatic heterocycles. The van der Waals surface area contributed by atoms with Gasteiger partial charge in [-0.25, -0.2) is 0 Å². The van der Waals surface area contributed by atoms with Gasteiger partial charge in [0.25, 0.3) is 0 Å². The highest BCUT2D eigenvalue weighted by molar-refractivity contribution is 5.79. The van der Waals surface area contributed by atoms with Crippen LogP contribution in [0.5, 0.6) is 0 Å². The van der Waals surface area contributed by atoms with Crippen molar-refractivity contribution in [2.24, 2.45) is 0 Å². The SMILES string of the molecule is O=C(CCN1CCCCCC1=O)NC(Cn1cccn1)c1ccccc1. The van der Waals surface area contributed by atoms with Gasteiger partial charge in [0.15, 0.2) is 0 Å². The lowest BCUT2D eigenvalue weighted by Crippen LogP contribution is -2.37. The first-order chi connectivity index (χ1) is 12.7. The van der Waals surface area contributed by atoms with E-state index in [-0.39, 0.29) is 17.9 Å². The van der Waals surface area contributed by atoms with E-state index in [0.717, 1.165) is 31.4 Å². The molecule has 0 aliphatic carbocycles. The molecule has 0 spiro atoms. The summed E-state index contributed by atoms with van der Waals surface area (Å²) in [5, 5.41) is 7.34. The van der Waals surface area contributed by atoms with E-state index in [9.17, 15) is 9.59 Å². The Morgan fingerprint density at radius 1 is 1.15 bits per heavy atom. The van der Waals surface area contributed by atoms with Gasteiger partial charge in [0.2, 0.25) is 11.8 Å². The summed E-state index contributed by atoms with van der Waals surface area (Å²) in [6, 6.07) is 11.6. The molecule has 0 bridgehead atoms. The number of nitrogens with one attached hydrogen (secondary N) is 1. The number of likely N-dealkylation sites (tertiary alicyclic amines) is 1. The smallest absolute Gasteiger partial charge is 0.222 e. The summed E-state index contributed by atoms with van der Waals surface area (Å²) in [4.78, 5) is 26.4. The van der Waals surface area contributed by atoms with Crippen LogP contribution in [0.25, 0.3) is 0 Å². The number of benzene rings is 1. The molecule has 6 nitrogen and oxygen atoms in total. The molecular formula is C20H26N4O2. The lowest BCUT2D eigenvalue weighted by Gasteiger charge is -2.22. The number of hydrogen-bond donors (Lipinski definition) is 1. The van der Waals surface area contributed by atoms with E-state index in [1.807, 2.05) is 52.2 Å². The minimum Gasteiger partial charge on any atom is -0.347 e. The van der Waals surface area contributed by atoms with Crippen LogP contribution in [-0.2, 0) is 16.1 Å². The fraction of sp³-hybridized carbons (Fsp3) is 0.450. The Bertz CT molecular complexity index is 700. The van der Waals surface area contributed by atoms with Crippen molar-refractivity contribution in [2.45, 2.75) is 44.7 Å². The molecule has 1 N–H and O–H groups in total. The molecular weight excluding hydrogens is 328 g/mol. The highest BCUT2D eigenvalue weighted by Gasteiger charge is 2.19. The molecule has 2 heterocycles. The molecule has 3 rings (SSSR count). The van der Waals surface area contributed by atoms with Crippen LogP contribution in [0.1, 0.15) is 43.7 Å². The van der Waals surface area contributed by atoms with E-state index in [4.69, 9.17) is 0 Å². The van der Waals surface area contributed by atoms with Crippen molar-refractivity contribution in [3.05, 3.63) is 54.4 Å². The van der Waals surface area contributed by atoms with Crippen LogP contribution in [0.2, 0.25) is 0 Å². The molecule has 1 aliphatic heterocycles. The summed E-state index contributed by atoms with van der Waals surface area (Å²) < 4.78 is 1.82. The maximum atomic E-state index is 12.5. The lowest BCUT2D eigenvalue weighted by atomic mass is 10.1. The van der Waals surface area contributed by atoms with E-state index in [2.05, 4.69) is 10.4 Å². The summed E-state index contributed by atoms with van der Waals surface area (Å²) in [5.41, 5.74) is 1.04. The summed E-state index contributed by atoms with van der Waals surface area (Å²) in [7, 11) is 0. The maximum Gasteiger partial charge on any atom is 0.222 e. The minimum atomic E-state index is -0.150. The van der Waals surface area contributed by atoms with Gasteiger partial charge in [0.05, 0.1) is 12.6 Å². The molecule has 6 heteroatoms. The van der Waals surface area contributed by atoms with Crippen LogP contribution in [0.4, 0.5) is 0 Å². The largest absolute Gasteiger partial charge is 0.347 e. The number of nitrogens with zero attached hydrogens (tertiary/aromatic N) is 3. The lowest BCUT2D eigenvalue weighted by molar-refractivity contribution is -0.131. The zero-order valence-electron chi connectivity index (χ0n) is 15.0. The van der Waals surface area contributed by atoms with Gasteiger partial charge in [0, 0.05) is 38.3 Å². The van der Waals surface area contributed by atoms with E-state index in [1.165, 1.54) is 0 Å². The predicted molar refractivity (Wildman–Crippen MR) is 99.2 cm³/mol. The number of amides is 2. The molecule has 1 fully saturated rings. The third-order valence-electron chi connectivity index (χ3n) is 4.75.